The number of aryl methyl sites for hydroxylation is 2. The van der Waals surface area contributed by atoms with Crippen molar-refractivity contribution in [3.63, 3.8) is 0 Å². The molecule has 1 atom stereocenters. The Balaban J connectivity index is 1.55. The van der Waals surface area contributed by atoms with E-state index in [0.29, 0.717) is 5.75 Å². The molecule has 152 valence electrons. The van der Waals surface area contributed by atoms with E-state index in [1.165, 1.54) is 11.8 Å². The molecule has 0 aromatic heterocycles. The molecule has 1 aliphatic rings. The molecule has 0 bridgehead atoms. The number of nitrogens with one attached hydrogen (secondary N) is 1. The Labute approximate surface area is 174 Å². The molecular formula is C22H24N2O4S. The van der Waals surface area contributed by atoms with Crippen LogP contribution >= 0.6 is 11.8 Å². The van der Waals surface area contributed by atoms with E-state index in [4.69, 9.17) is 4.74 Å². The van der Waals surface area contributed by atoms with Crippen molar-refractivity contribution in [1.82, 2.24) is 0 Å². The first-order valence-electron chi connectivity index (χ1n) is 9.45. The van der Waals surface area contributed by atoms with Gasteiger partial charge in [0, 0.05) is 17.1 Å². The molecule has 0 saturated carbocycles. The summed E-state index contributed by atoms with van der Waals surface area (Å²) in [4.78, 5) is 39.6. The zero-order valence-corrected chi connectivity index (χ0v) is 17.5. The summed E-state index contributed by atoms with van der Waals surface area (Å²) in [7, 11) is 0. The van der Waals surface area contributed by atoms with Gasteiger partial charge in [-0.05, 0) is 44.0 Å². The normalized spacial score (nSPS) is 14.2. The summed E-state index contributed by atoms with van der Waals surface area (Å²) in [6.07, 6.45) is -0.910. The van der Waals surface area contributed by atoms with Crippen LogP contribution in [0.15, 0.2) is 47.4 Å². The van der Waals surface area contributed by atoms with Crippen LogP contribution in [-0.2, 0) is 19.1 Å². The predicted molar refractivity (Wildman–Crippen MR) is 114 cm³/mol. The van der Waals surface area contributed by atoms with Gasteiger partial charge in [-0.25, -0.2) is 0 Å². The van der Waals surface area contributed by atoms with E-state index in [1.807, 2.05) is 56.3 Å². The summed E-state index contributed by atoms with van der Waals surface area (Å²) in [5.41, 5.74) is 3.42. The van der Waals surface area contributed by atoms with Gasteiger partial charge in [0.2, 0.25) is 5.91 Å². The molecule has 2 aromatic carbocycles. The van der Waals surface area contributed by atoms with E-state index in [-0.39, 0.29) is 24.8 Å². The molecule has 1 aliphatic heterocycles. The van der Waals surface area contributed by atoms with E-state index in [9.17, 15) is 14.4 Å². The molecule has 29 heavy (non-hydrogen) atoms. The Morgan fingerprint density at radius 2 is 1.83 bits per heavy atom. The molecule has 7 heteroatoms. The number of carbonyl (C=O) groups excluding carboxylic acids is 3. The third kappa shape index (κ3) is 4.98. The molecule has 0 spiro atoms. The van der Waals surface area contributed by atoms with Crippen molar-refractivity contribution in [1.29, 1.82) is 0 Å². The second kappa shape index (κ2) is 9.13. The molecule has 0 unspecified atom stereocenters. The lowest BCUT2D eigenvalue weighted by atomic mass is 10.1. The number of anilines is 2. The second-order valence-corrected chi connectivity index (χ2v) is 7.96. The maximum absolute atomic E-state index is 12.4. The molecule has 0 fully saturated rings. The van der Waals surface area contributed by atoms with E-state index >= 15 is 0 Å². The van der Waals surface area contributed by atoms with Crippen LogP contribution < -0.4 is 10.2 Å². The lowest BCUT2D eigenvalue weighted by Crippen LogP contribution is -2.38. The van der Waals surface area contributed by atoms with Crippen molar-refractivity contribution in [3.05, 3.63) is 53.6 Å². The number of para-hydroxylation sites is 2. The highest BCUT2D eigenvalue weighted by molar-refractivity contribution is 8.00. The van der Waals surface area contributed by atoms with Gasteiger partial charge in [-0.3, -0.25) is 14.4 Å². The van der Waals surface area contributed by atoms with Crippen LogP contribution in [0.4, 0.5) is 11.4 Å². The number of rotatable bonds is 6. The number of thioether (sulfide) groups is 1. The minimum Gasteiger partial charge on any atom is -0.452 e. The molecule has 2 aromatic rings. The van der Waals surface area contributed by atoms with Crippen molar-refractivity contribution in [2.75, 3.05) is 22.5 Å². The number of nitrogens with zero attached hydrogens (tertiary/aromatic N) is 1. The Morgan fingerprint density at radius 1 is 1.14 bits per heavy atom. The Kier molecular flexibility index (Phi) is 6.59. The first-order valence-corrected chi connectivity index (χ1v) is 10.4. The quantitative estimate of drug-likeness (QED) is 0.732. The van der Waals surface area contributed by atoms with Crippen molar-refractivity contribution in [2.24, 2.45) is 0 Å². The summed E-state index contributed by atoms with van der Waals surface area (Å²) in [5.74, 6) is -0.591. The van der Waals surface area contributed by atoms with Crippen LogP contribution in [0.5, 0.6) is 0 Å². The van der Waals surface area contributed by atoms with E-state index in [1.54, 1.807) is 11.8 Å². The Hall–Kier alpha value is -2.80. The SMILES string of the molecule is Cc1cccc(C)c1NC(=O)[C@H](C)OC(=O)CCN1C(=O)CSc2ccccc21. The Morgan fingerprint density at radius 3 is 2.55 bits per heavy atom. The minimum absolute atomic E-state index is 0.0196. The molecular weight excluding hydrogens is 388 g/mol. The topological polar surface area (TPSA) is 75.7 Å². The first-order chi connectivity index (χ1) is 13.9. The minimum atomic E-state index is -0.929. The number of hydrogen-bond acceptors (Lipinski definition) is 5. The first kappa shape index (κ1) is 20.9. The molecule has 0 radical (unpaired) electrons. The average Bonchev–Trinajstić information content (AvgIpc) is 2.70. The number of ether oxygens (including phenoxy) is 1. The number of carbonyl (C=O) groups is 3. The van der Waals surface area contributed by atoms with Gasteiger partial charge in [0.15, 0.2) is 6.10 Å². The summed E-state index contributed by atoms with van der Waals surface area (Å²) in [5, 5.41) is 2.83. The smallest absolute Gasteiger partial charge is 0.308 e. The highest BCUT2D eigenvalue weighted by Crippen LogP contribution is 2.34. The third-order valence-electron chi connectivity index (χ3n) is 4.75. The molecule has 1 N–H and O–H groups in total. The second-order valence-electron chi connectivity index (χ2n) is 6.94. The van der Waals surface area contributed by atoms with Gasteiger partial charge >= 0.3 is 5.97 Å². The van der Waals surface area contributed by atoms with Gasteiger partial charge in [-0.15, -0.1) is 11.8 Å². The fourth-order valence-electron chi connectivity index (χ4n) is 3.15. The van der Waals surface area contributed by atoms with Crippen LogP contribution in [0.25, 0.3) is 0 Å². The zero-order valence-electron chi connectivity index (χ0n) is 16.7. The molecule has 0 aliphatic carbocycles. The Bertz CT molecular complexity index is 924. The van der Waals surface area contributed by atoms with Crippen LogP contribution in [0.3, 0.4) is 0 Å². The van der Waals surface area contributed by atoms with Crippen molar-refractivity contribution in [2.45, 2.75) is 38.2 Å². The van der Waals surface area contributed by atoms with Crippen molar-refractivity contribution >= 4 is 40.9 Å². The largest absolute Gasteiger partial charge is 0.452 e. The number of amides is 2. The maximum Gasteiger partial charge on any atom is 0.308 e. The van der Waals surface area contributed by atoms with Crippen LogP contribution in [0.1, 0.15) is 24.5 Å². The third-order valence-corrected chi connectivity index (χ3v) is 5.80. The summed E-state index contributed by atoms with van der Waals surface area (Å²) >= 11 is 1.49. The molecule has 6 nitrogen and oxygen atoms in total. The van der Waals surface area contributed by atoms with E-state index in [2.05, 4.69) is 5.32 Å². The van der Waals surface area contributed by atoms with Gasteiger partial charge in [0.05, 0.1) is 17.9 Å². The van der Waals surface area contributed by atoms with Crippen molar-refractivity contribution in [3.8, 4) is 0 Å². The fourth-order valence-corrected chi connectivity index (χ4v) is 4.08. The van der Waals surface area contributed by atoms with E-state index in [0.717, 1.165) is 27.4 Å². The lowest BCUT2D eigenvalue weighted by Gasteiger charge is -2.28. The molecule has 0 saturated heterocycles. The fraction of sp³-hybridized carbons (Fsp3) is 0.318. The number of fused-ring (bicyclic) bond motifs is 1. The average molecular weight is 413 g/mol. The summed E-state index contributed by atoms with van der Waals surface area (Å²) < 4.78 is 5.28. The monoisotopic (exact) mass is 412 g/mol. The molecule has 3 rings (SSSR count). The van der Waals surface area contributed by atoms with Gasteiger partial charge in [0.25, 0.3) is 5.91 Å². The van der Waals surface area contributed by atoms with Gasteiger partial charge in [0.1, 0.15) is 0 Å². The highest BCUT2D eigenvalue weighted by atomic mass is 32.2. The standard InChI is InChI=1S/C22H24N2O4S/c1-14-7-6-8-15(2)21(14)23-22(27)16(3)28-20(26)11-12-24-17-9-4-5-10-18(17)29-13-19(24)25/h4-10,16H,11-13H2,1-3H3,(H,23,27)/t16-/m0/s1. The van der Waals surface area contributed by atoms with E-state index < -0.39 is 12.1 Å². The van der Waals surface area contributed by atoms with Crippen LogP contribution in [0, 0.1) is 13.8 Å². The predicted octanol–water partition coefficient (Wildman–Crippen LogP) is 3.70. The van der Waals surface area contributed by atoms with Gasteiger partial charge < -0.3 is 15.0 Å². The zero-order chi connectivity index (χ0) is 21.0. The maximum atomic E-state index is 12.4. The number of benzene rings is 2. The molecule has 1 heterocycles. The summed E-state index contributed by atoms with van der Waals surface area (Å²) in [6.45, 7) is 5.58. The number of hydrogen-bond donors (Lipinski definition) is 1. The van der Waals surface area contributed by atoms with Gasteiger partial charge in [-0.1, -0.05) is 30.3 Å². The van der Waals surface area contributed by atoms with Crippen molar-refractivity contribution < 1.29 is 19.1 Å². The highest BCUT2D eigenvalue weighted by Gasteiger charge is 2.26. The van der Waals surface area contributed by atoms with Crippen LogP contribution in [0.2, 0.25) is 0 Å². The number of esters is 1. The lowest BCUT2D eigenvalue weighted by molar-refractivity contribution is -0.152. The van der Waals surface area contributed by atoms with Gasteiger partial charge in [-0.2, -0.15) is 0 Å². The molecule has 2 amide bonds. The van der Waals surface area contributed by atoms with Crippen LogP contribution in [-0.4, -0.2) is 36.2 Å². The summed E-state index contributed by atoms with van der Waals surface area (Å²) in [6, 6.07) is 13.3.